The molecule has 1 saturated carbocycles. The van der Waals surface area contributed by atoms with Crippen molar-refractivity contribution in [2.24, 2.45) is 5.73 Å². The molecule has 4 nitrogen and oxygen atoms in total. The fourth-order valence-electron chi connectivity index (χ4n) is 2.80. The van der Waals surface area contributed by atoms with E-state index in [4.69, 9.17) is 5.73 Å². The summed E-state index contributed by atoms with van der Waals surface area (Å²) in [5, 5.41) is 11.2. The molecule has 1 aromatic rings. The maximum absolute atomic E-state index is 12.8. The third-order valence-electron chi connectivity index (χ3n) is 3.80. The number of thiophene rings is 1. The van der Waals surface area contributed by atoms with E-state index in [1.807, 2.05) is 16.3 Å². The molecule has 1 heterocycles. The minimum absolute atomic E-state index is 0.00255. The Morgan fingerprint density at radius 1 is 1.43 bits per heavy atom. The Hall–Kier alpha value is -1.35. The molecule has 0 atom stereocenters. The van der Waals surface area contributed by atoms with Crippen LogP contribution in [0.15, 0.2) is 11.4 Å². The van der Waals surface area contributed by atoms with E-state index < -0.39 is 0 Å². The average molecular weight is 306 g/mol. The first kappa shape index (κ1) is 16.0. The summed E-state index contributed by atoms with van der Waals surface area (Å²) in [7, 11) is 0. The molecule has 3 N–H and O–H groups in total. The minimum atomic E-state index is -0.00716. The van der Waals surface area contributed by atoms with Gasteiger partial charge in [-0.2, -0.15) is 0 Å². The van der Waals surface area contributed by atoms with Crippen LogP contribution in [0.1, 0.15) is 47.3 Å². The topological polar surface area (TPSA) is 66.6 Å². The molecule has 114 valence electrons. The second-order valence-electron chi connectivity index (χ2n) is 5.18. The van der Waals surface area contributed by atoms with E-state index >= 15 is 0 Å². The second-order valence-corrected chi connectivity index (χ2v) is 6.10. The van der Waals surface area contributed by atoms with E-state index in [0.717, 1.165) is 31.2 Å². The van der Waals surface area contributed by atoms with Crippen molar-refractivity contribution in [3.8, 4) is 11.8 Å². The predicted octanol–water partition coefficient (Wildman–Crippen LogP) is 1.83. The lowest BCUT2D eigenvalue weighted by Gasteiger charge is -2.33. The third kappa shape index (κ3) is 4.07. The lowest BCUT2D eigenvalue weighted by Crippen LogP contribution is -2.43. The number of nitrogens with zero attached hydrogens (tertiary/aromatic N) is 1. The van der Waals surface area contributed by atoms with Crippen LogP contribution in [0.4, 0.5) is 0 Å². The van der Waals surface area contributed by atoms with Crippen LogP contribution in [0, 0.1) is 11.8 Å². The predicted molar refractivity (Wildman–Crippen MR) is 85.2 cm³/mol. The zero-order chi connectivity index (χ0) is 15.1. The summed E-state index contributed by atoms with van der Waals surface area (Å²) >= 11 is 1.41. The molecule has 1 fully saturated rings. The van der Waals surface area contributed by atoms with E-state index in [-0.39, 0.29) is 25.1 Å². The number of amides is 1. The SMILES string of the molecule is NCC#Cc1ccsc1C(=O)N(CCO)C1CCCCC1. The van der Waals surface area contributed by atoms with Gasteiger partial charge >= 0.3 is 0 Å². The van der Waals surface area contributed by atoms with E-state index in [2.05, 4.69) is 11.8 Å². The normalized spacial score (nSPS) is 15.3. The Bertz CT molecular complexity index is 524. The van der Waals surface area contributed by atoms with Gasteiger partial charge < -0.3 is 15.7 Å². The number of aliphatic hydroxyl groups excluding tert-OH is 1. The molecule has 0 bridgehead atoms. The molecule has 1 amide bonds. The Labute approximate surface area is 129 Å². The highest BCUT2D eigenvalue weighted by Gasteiger charge is 2.27. The van der Waals surface area contributed by atoms with Crippen molar-refractivity contribution in [1.82, 2.24) is 4.90 Å². The molecule has 1 aliphatic carbocycles. The fourth-order valence-corrected chi connectivity index (χ4v) is 3.60. The van der Waals surface area contributed by atoms with Crippen molar-refractivity contribution in [1.29, 1.82) is 0 Å². The molecule has 0 aromatic carbocycles. The molecule has 1 aliphatic rings. The van der Waals surface area contributed by atoms with Gasteiger partial charge in [-0.05, 0) is 24.3 Å². The smallest absolute Gasteiger partial charge is 0.265 e. The Morgan fingerprint density at radius 3 is 2.86 bits per heavy atom. The number of hydrogen-bond acceptors (Lipinski definition) is 4. The second kappa shape index (κ2) is 8.18. The summed E-state index contributed by atoms with van der Waals surface area (Å²) in [6.07, 6.45) is 5.61. The number of carbonyl (C=O) groups excluding carboxylic acids is 1. The van der Waals surface area contributed by atoms with Crippen LogP contribution < -0.4 is 5.73 Å². The molecule has 0 aliphatic heterocycles. The standard InChI is InChI=1S/C16H22N2O2S/c17-9-4-5-13-8-12-21-15(13)16(20)18(10-11-19)14-6-2-1-3-7-14/h8,12,14,19H,1-3,6-7,9-11,17H2. The van der Waals surface area contributed by atoms with Crippen LogP contribution >= 0.6 is 11.3 Å². The van der Waals surface area contributed by atoms with E-state index in [1.165, 1.54) is 17.8 Å². The summed E-state index contributed by atoms with van der Waals surface area (Å²) in [6.45, 7) is 0.676. The van der Waals surface area contributed by atoms with Gasteiger partial charge in [-0.3, -0.25) is 4.79 Å². The van der Waals surface area contributed by atoms with E-state index in [9.17, 15) is 9.90 Å². The number of hydrogen-bond donors (Lipinski definition) is 2. The Balaban J connectivity index is 2.19. The average Bonchev–Trinajstić information content (AvgIpc) is 2.99. The van der Waals surface area contributed by atoms with Gasteiger partial charge in [0.05, 0.1) is 13.2 Å². The molecular weight excluding hydrogens is 284 g/mol. The molecule has 0 spiro atoms. The van der Waals surface area contributed by atoms with Crippen LogP contribution in [-0.2, 0) is 0 Å². The first-order valence-corrected chi connectivity index (χ1v) is 8.34. The highest BCUT2D eigenvalue weighted by atomic mass is 32.1. The van der Waals surface area contributed by atoms with Gasteiger partial charge in [0.15, 0.2) is 0 Å². The van der Waals surface area contributed by atoms with Crippen molar-refractivity contribution in [3.63, 3.8) is 0 Å². The monoisotopic (exact) mass is 306 g/mol. The van der Waals surface area contributed by atoms with Gasteiger partial charge in [-0.1, -0.05) is 31.1 Å². The Kier molecular flexibility index (Phi) is 6.24. The van der Waals surface area contributed by atoms with Crippen molar-refractivity contribution in [3.05, 3.63) is 21.9 Å². The zero-order valence-corrected chi connectivity index (χ0v) is 13.0. The fraction of sp³-hybridized carbons (Fsp3) is 0.562. The van der Waals surface area contributed by atoms with Crippen LogP contribution in [0.2, 0.25) is 0 Å². The quantitative estimate of drug-likeness (QED) is 0.834. The largest absolute Gasteiger partial charge is 0.395 e. The van der Waals surface area contributed by atoms with Gasteiger partial charge in [-0.15, -0.1) is 11.3 Å². The maximum Gasteiger partial charge on any atom is 0.265 e. The molecule has 2 rings (SSSR count). The van der Waals surface area contributed by atoms with Gasteiger partial charge in [0.2, 0.25) is 0 Å². The van der Waals surface area contributed by atoms with Crippen LogP contribution in [0.5, 0.6) is 0 Å². The summed E-state index contributed by atoms with van der Waals surface area (Å²) in [5.41, 5.74) is 6.14. The van der Waals surface area contributed by atoms with Gasteiger partial charge in [0.25, 0.3) is 5.91 Å². The molecule has 0 saturated heterocycles. The Morgan fingerprint density at radius 2 is 2.19 bits per heavy atom. The molecule has 5 heteroatoms. The van der Waals surface area contributed by atoms with E-state index in [0.29, 0.717) is 11.4 Å². The van der Waals surface area contributed by atoms with Gasteiger partial charge in [0, 0.05) is 18.2 Å². The van der Waals surface area contributed by atoms with Gasteiger partial charge in [0.1, 0.15) is 4.88 Å². The highest BCUT2D eigenvalue weighted by molar-refractivity contribution is 7.12. The number of rotatable bonds is 4. The van der Waals surface area contributed by atoms with Crippen molar-refractivity contribution in [2.75, 3.05) is 19.7 Å². The number of aliphatic hydroxyl groups is 1. The zero-order valence-electron chi connectivity index (χ0n) is 12.2. The summed E-state index contributed by atoms with van der Waals surface area (Å²) < 4.78 is 0. The van der Waals surface area contributed by atoms with Crippen molar-refractivity contribution in [2.45, 2.75) is 38.1 Å². The number of carbonyl (C=O) groups is 1. The summed E-state index contributed by atoms with van der Waals surface area (Å²) in [5.74, 6) is 5.75. The highest BCUT2D eigenvalue weighted by Crippen LogP contribution is 2.26. The molecule has 0 radical (unpaired) electrons. The van der Waals surface area contributed by atoms with Gasteiger partial charge in [-0.25, -0.2) is 0 Å². The van der Waals surface area contributed by atoms with Crippen molar-refractivity contribution < 1.29 is 9.90 Å². The van der Waals surface area contributed by atoms with Crippen LogP contribution in [0.25, 0.3) is 0 Å². The first-order valence-electron chi connectivity index (χ1n) is 7.46. The van der Waals surface area contributed by atoms with Crippen LogP contribution in [0.3, 0.4) is 0 Å². The summed E-state index contributed by atoms with van der Waals surface area (Å²) in [6, 6.07) is 2.11. The van der Waals surface area contributed by atoms with Crippen molar-refractivity contribution >= 4 is 17.2 Å². The molecule has 1 aromatic heterocycles. The molecular formula is C16H22N2O2S. The first-order chi connectivity index (χ1) is 10.3. The summed E-state index contributed by atoms with van der Waals surface area (Å²) in [4.78, 5) is 15.3. The lowest BCUT2D eigenvalue weighted by molar-refractivity contribution is 0.0590. The van der Waals surface area contributed by atoms with Crippen LogP contribution in [-0.4, -0.2) is 41.7 Å². The maximum atomic E-state index is 12.8. The number of nitrogens with two attached hydrogens (primary N) is 1. The van der Waals surface area contributed by atoms with E-state index in [1.54, 1.807) is 0 Å². The molecule has 21 heavy (non-hydrogen) atoms. The molecule has 0 unspecified atom stereocenters. The third-order valence-corrected chi connectivity index (χ3v) is 4.70. The lowest BCUT2D eigenvalue weighted by atomic mass is 9.94. The minimum Gasteiger partial charge on any atom is -0.395 e.